The number of likely N-dealkylation sites (tertiary alicyclic amines) is 1. The lowest BCUT2D eigenvalue weighted by molar-refractivity contribution is 0.248. The second-order valence-corrected chi connectivity index (χ2v) is 4.19. The van der Waals surface area contributed by atoms with Gasteiger partial charge in [0, 0.05) is 25.1 Å². The van der Waals surface area contributed by atoms with Gasteiger partial charge in [-0.25, -0.2) is 0 Å². The van der Waals surface area contributed by atoms with Crippen LogP contribution in [0.3, 0.4) is 0 Å². The SMILES string of the molecule is C[C@H](c1cnccn1)N1CC[C@@H](CN)C1. The fourth-order valence-corrected chi connectivity index (χ4v) is 2.12. The van der Waals surface area contributed by atoms with Crippen LogP contribution in [0.15, 0.2) is 18.6 Å². The average molecular weight is 206 g/mol. The first kappa shape index (κ1) is 10.5. The second kappa shape index (κ2) is 4.68. The summed E-state index contributed by atoms with van der Waals surface area (Å²) in [4.78, 5) is 10.9. The molecule has 4 heteroatoms. The first-order chi connectivity index (χ1) is 7.31. The van der Waals surface area contributed by atoms with Crippen LogP contribution in [-0.2, 0) is 0 Å². The number of rotatable bonds is 3. The van der Waals surface area contributed by atoms with Crippen LogP contribution in [0.1, 0.15) is 25.1 Å². The van der Waals surface area contributed by atoms with Crippen LogP contribution in [0.5, 0.6) is 0 Å². The first-order valence-electron chi connectivity index (χ1n) is 5.51. The van der Waals surface area contributed by atoms with Crippen LogP contribution in [-0.4, -0.2) is 34.5 Å². The van der Waals surface area contributed by atoms with Crippen LogP contribution in [0.2, 0.25) is 0 Å². The smallest absolute Gasteiger partial charge is 0.0755 e. The molecule has 0 amide bonds. The molecule has 0 bridgehead atoms. The lowest BCUT2D eigenvalue weighted by Gasteiger charge is -2.23. The third kappa shape index (κ3) is 2.33. The van der Waals surface area contributed by atoms with Gasteiger partial charge in [-0.05, 0) is 32.4 Å². The summed E-state index contributed by atoms with van der Waals surface area (Å²) in [5, 5.41) is 0. The van der Waals surface area contributed by atoms with Crippen molar-refractivity contribution in [2.75, 3.05) is 19.6 Å². The average Bonchev–Trinajstić information content (AvgIpc) is 2.78. The molecule has 1 aromatic heterocycles. The topological polar surface area (TPSA) is 55.0 Å². The number of hydrogen-bond donors (Lipinski definition) is 1. The molecule has 2 N–H and O–H groups in total. The molecular weight excluding hydrogens is 188 g/mol. The van der Waals surface area contributed by atoms with E-state index < -0.39 is 0 Å². The van der Waals surface area contributed by atoms with E-state index in [1.54, 1.807) is 12.4 Å². The van der Waals surface area contributed by atoms with E-state index in [0.29, 0.717) is 12.0 Å². The van der Waals surface area contributed by atoms with Crippen molar-refractivity contribution in [1.29, 1.82) is 0 Å². The lowest BCUT2D eigenvalue weighted by Crippen LogP contribution is -2.26. The summed E-state index contributed by atoms with van der Waals surface area (Å²) >= 11 is 0. The molecule has 0 unspecified atom stereocenters. The maximum atomic E-state index is 5.68. The Morgan fingerprint density at radius 3 is 3.07 bits per heavy atom. The third-order valence-corrected chi connectivity index (χ3v) is 3.21. The highest BCUT2D eigenvalue weighted by Crippen LogP contribution is 2.25. The summed E-state index contributed by atoms with van der Waals surface area (Å²) in [6.45, 7) is 5.19. The van der Waals surface area contributed by atoms with Crippen molar-refractivity contribution in [1.82, 2.24) is 14.9 Å². The van der Waals surface area contributed by atoms with E-state index in [4.69, 9.17) is 5.73 Å². The van der Waals surface area contributed by atoms with Gasteiger partial charge in [-0.1, -0.05) is 0 Å². The van der Waals surface area contributed by atoms with Crippen molar-refractivity contribution in [3.05, 3.63) is 24.3 Å². The van der Waals surface area contributed by atoms with E-state index in [2.05, 4.69) is 21.8 Å². The first-order valence-corrected chi connectivity index (χ1v) is 5.51. The van der Waals surface area contributed by atoms with Gasteiger partial charge in [0.1, 0.15) is 0 Å². The van der Waals surface area contributed by atoms with E-state index in [1.165, 1.54) is 6.42 Å². The van der Waals surface area contributed by atoms with Gasteiger partial charge in [-0.2, -0.15) is 0 Å². The summed E-state index contributed by atoms with van der Waals surface area (Å²) in [7, 11) is 0. The normalized spacial score (nSPS) is 24.3. The number of nitrogens with two attached hydrogens (primary N) is 1. The van der Waals surface area contributed by atoms with Crippen molar-refractivity contribution in [2.45, 2.75) is 19.4 Å². The van der Waals surface area contributed by atoms with E-state index in [0.717, 1.165) is 25.3 Å². The van der Waals surface area contributed by atoms with Gasteiger partial charge in [0.2, 0.25) is 0 Å². The second-order valence-electron chi connectivity index (χ2n) is 4.19. The Hall–Kier alpha value is -1.00. The van der Waals surface area contributed by atoms with Crippen LogP contribution in [0.4, 0.5) is 0 Å². The molecule has 4 nitrogen and oxygen atoms in total. The van der Waals surface area contributed by atoms with Gasteiger partial charge in [0.05, 0.1) is 11.7 Å². The van der Waals surface area contributed by atoms with Crippen molar-refractivity contribution in [2.24, 2.45) is 11.7 Å². The predicted octanol–water partition coefficient (Wildman–Crippen LogP) is 0.818. The van der Waals surface area contributed by atoms with Crippen LogP contribution >= 0.6 is 0 Å². The minimum Gasteiger partial charge on any atom is -0.330 e. The molecule has 15 heavy (non-hydrogen) atoms. The third-order valence-electron chi connectivity index (χ3n) is 3.21. The molecule has 1 saturated heterocycles. The molecule has 1 fully saturated rings. The van der Waals surface area contributed by atoms with Gasteiger partial charge >= 0.3 is 0 Å². The minimum atomic E-state index is 0.357. The summed E-state index contributed by atoms with van der Waals surface area (Å²) in [6, 6.07) is 0.357. The molecule has 82 valence electrons. The van der Waals surface area contributed by atoms with E-state index in [9.17, 15) is 0 Å². The predicted molar refractivity (Wildman–Crippen MR) is 59.2 cm³/mol. The van der Waals surface area contributed by atoms with Gasteiger partial charge in [0.25, 0.3) is 0 Å². The fourth-order valence-electron chi connectivity index (χ4n) is 2.12. The van der Waals surface area contributed by atoms with Gasteiger partial charge < -0.3 is 5.73 Å². The van der Waals surface area contributed by atoms with Crippen LogP contribution < -0.4 is 5.73 Å². The highest BCUT2D eigenvalue weighted by molar-refractivity contribution is 5.02. The van der Waals surface area contributed by atoms with Crippen LogP contribution in [0.25, 0.3) is 0 Å². The fraction of sp³-hybridized carbons (Fsp3) is 0.636. The van der Waals surface area contributed by atoms with Crippen LogP contribution in [0, 0.1) is 5.92 Å². The van der Waals surface area contributed by atoms with Gasteiger partial charge in [0.15, 0.2) is 0 Å². The molecule has 1 aliphatic heterocycles. The number of hydrogen-bond acceptors (Lipinski definition) is 4. The van der Waals surface area contributed by atoms with Crippen molar-refractivity contribution in [3.63, 3.8) is 0 Å². The molecule has 0 saturated carbocycles. The Balaban J connectivity index is 2.00. The highest BCUT2D eigenvalue weighted by Gasteiger charge is 2.26. The summed E-state index contributed by atoms with van der Waals surface area (Å²) in [6.07, 6.45) is 6.52. The molecule has 2 heterocycles. The van der Waals surface area contributed by atoms with Crippen molar-refractivity contribution < 1.29 is 0 Å². The molecule has 2 rings (SSSR count). The Labute approximate surface area is 90.5 Å². The molecule has 2 atom stereocenters. The maximum absolute atomic E-state index is 5.68. The summed E-state index contributed by atoms with van der Waals surface area (Å²) in [5.74, 6) is 0.657. The Bertz CT molecular complexity index is 301. The number of nitrogens with zero attached hydrogens (tertiary/aromatic N) is 3. The molecule has 0 spiro atoms. The highest BCUT2D eigenvalue weighted by atomic mass is 15.2. The summed E-state index contributed by atoms with van der Waals surface area (Å²) in [5.41, 5.74) is 6.73. The zero-order valence-electron chi connectivity index (χ0n) is 9.13. The van der Waals surface area contributed by atoms with Gasteiger partial charge in [-0.15, -0.1) is 0 Å². The zero-order valence-corrected chi connectivity index (χ0v) is 9.13. The van der Waals surface area contributed by atoms with Crippen molar-refractivity contribution in [3.8, 4) is 0 Å². The van der Waals surface area contributed by atoms with E-state index in [1.807, 2.05) is 6.20 Å². The maximum Gasteiger partial charge on any atom is 0.0755 e. The molecule has 0 radical (unpaired) electrons. The van der Waals surface area contributed by atoms with Crippen molar-refractivity contribution >= 4 is 0 Å². The Kier molecular flexibility index (Phi) is 3.28. The molecule has 0 aromatic carbocycles. The van der Waals surface area contributed by atoms with E-state index >= 15 is 0 Å². The monoisotopic (exact) mass is 206 g/mol. The molecule has 1 aromatic rings. The minimum absolute atomic E-state index is 0.357. The number of aromatic nitrogens is 2. The standard InChI is InChI=1S/C11H18N4/c1-9(11-7-13-3-4-14-11)15-5-2-10(6-12)8-15/h3-4,7,9-10H,2,5-6,8,12H2,1H3/t9-,10+/m1/s1. The Morgan fingerprint density at radius 2 is 2.47 bits per heavy atom. The Morgan fingerprint density at radius 1 is 1.60 bits per heavy atom. The largest absolute Gasteiger partial charge is 0.330 e. The lowest BCUT2D eigenvalue weighted by atomic mass is 10.1. The van der Waals surface area contributed by atoms with E-state index in [-0.39, 0.29) is 0 Å². The molecule has 1 aliphatic rings. The summed E-state index contributed by atoms with van der Waals surface area (Å²) < 4.78 is 0. The zero-order chi connectivity index (χ0) is 10.7. The molecule has 0 aliphatic carbocycles. The van der Waals surface area contributed by atoms with Gasteiger partial charge in [-0.3, -0.25) is 14.9 Å². The quantitative estimate of drug-likeness (QED) is 0.795. The molecular formula is C11H18N4.